The summed E-state index contributed by atoms with van der Waals surface area (Å²) in [7, 11) is 1.33. The van der Waals surface area contributed by atoms with E-state index in [1.165, 1.54) is 7.11 Å². The van der Waals surface area contributed by atoms with Crippen LogP contribution in [-0.4, -0.2) is 83.9 Å². The molecule has 1 aromatic rings. The first-order valence-corrected chi connectivity index (χ1v) is 10.0. The van der Waals surface area contributed by atoms with Crippen LogP contribution in [0.15, 0.2) is 0 Å². The van der Waals surface area contributed by atoms with E-state index in [2.05, 4.69) is 20.1 Å². The second kappa shape index (κ2) is 9.09. The molecule has 0 spiro atoms. The van der Waals surface area contributed by atoms with E-state index in [4.69, 9.17) is 4.74 Å². The molecule has 8 heteroatoms. The fourth-order valence-electron chi connectivity index (χ4n) is 3.75. The Balaban J connectivity index is 1.97. The third-order valence-corrected chi connectivity index (χ3v) is 5.29. The Hall–Kier alpha value is -2.19. The van der Waals surface area contributed by atoms with Crippen molar-refractivity contribution in [1.29, 1.82) is 0 Å². The Kier molecular flexibility index (Phi) is 7.24. The number of aryl methyl sites for hydroxylation is 1. The number of carbonyl (C=O) groups is 3. The number of ether oxygens (including phenoxy) is 1. The van der Waals surface area contributed by atoms with Crippen molar-refractivity contribution < 1.29 is 19.1 Å². The van der Waals surface area contributed by atoms with Crippen LogP contribution in [0.4, 0.5) is 0 Å². The summed E-state index contributed by atoms with van der Waals surface area (Å²) in [6.45, 7) is 14.5. The molecule has 2 rings (SSSR count). The van der Waals surface area contributed by atoms with Crippen molar-refractivity contribution in [2.75, 3.05) is 39.8 Å². The largest absolute Gasteiger partial charge is 0.465 e. The number of amides is 1. The molecule has 1 fully saturated rings. The number of nitrogens with one attached hydrogen (secondary N) is 2. The lowest BCUT2D eigenvalue weighted by Crippen LogP contribution is -2.54. The normalized spacial score (nSPS) is 17.1. The number of piperazine rings is 1. The Labute approximate surface area is 173 Å². The van der Waals surface area contributed by atoms with Gasteiger partial charge in [-0.2, -0.15) is 0 Å². The van der Waals surface area contributed by atoms with Crippen LogP contribution in [0, 0.1) is 13.8 Å². The smallest absolute Gasteiger partial charge is 0.339 e. The molecule has 1 amide bonds. The van der Waals surface area contributed by atoms with Gasteiger partial charge in [-0.05, 0) is 47.1 Å². The second-order valence-electron chi connectivity index (χ2n) is 8.77. The van der Waals surface area contributed by atoms with Crippen LogP contribution in [0.2, 0.25) is 0 Å². The highest BCUT2D eigenvalue weighted by atomic mass is 16.5. The molecule has 0 aliphatic carbocycles. The van der Waals surface area contributed by atoms with Crippen molar-refractivity contribution in [3.8, 4) is 0 Å². The molecule has 1 unspecified atom stereocenters. The van der Waals surface area contributed by atoms with Crippen molar-refractivity contribution in [3.63, 3.8) is 0 Å². The number of hydrogen-bond acceptors (Lipinski definition) is 6. The van der Waals surface area contributed by atoms with E-state index in [0.717, 1.165) is 13.1 Å². The summed E-state index contributed by atoms with van der Waals surface area (Å²) in [4.78, 5) is 44.4. The number of rotatable bonds is 6. The van der Waals surface area contributed by atoms with Gasteiger partial charge in [0.15, 0.2) is 5.78 Å². The highest BCUT2D eigenvalue weighted by Crippen LogP contribution is 2.21. The van der Waals surface area contributed by atoms with Crippen molar-refractivity contribution in [2.24, 2.45) is 0 Å². The summed E-state index contributed by atoms with van der Waals surface area (Å²) >= 11 is 0. The van der Waals surface area contributed by atoms with Gasteiger partial charge in [-0.3, -0.25) is 19.4 Å². The number of aromatic amines is 1. The summed E-state index contributed by atoms with van der Waals surface area (Å²) in [5, 5.41) is 2.98. The zero-order chi connectivity index (χ0) is 21.9. The van der Waals surface area contributed by atoms with Crippen LogP contribution in [0.1, 0.15) is 59.8 Å². The molecule has 0 bridgehead atoms. The Morgan fingerprint density at radius 1 is 1.14 bits per heavy atom. The predicted molar refractivity (Wildman–Crippen MR) is 111 cm³/mol. The lowest BCUT2D eigenvalue weighted by molar-refractivity contribution is -0.124. The molecular formula is C21H34N4O4. The lowest BCUT2D eigenvalue weighted by atomic mass is 10.0. The molecule has 1 aromatic heterocycles. The molecule has 1 aliphatic rings. The van der Waals surface area contributed by atoms with Gasteiger partial charge < -0.3 is 15.0 Å². The topological polar surface area (TPSA) is 94.7 Å². The van der Waals surface area contributed by atoms with E-state index >= 15 is 0 Å². The number of Topliss-reactive ketones (excluding diaryl/α,β-unsaturated/α-hetero) is 1. The summed E-state index contributed by atoms with van der Waals surface area (Å²) < 4.78 is 4.82. The molecule has 1 aliphatic heterocycles. The molecule has 0 saturated carbocycles. The summed E-state index contributed by atoms with van der Waals surface area (Å²) in [5.41, 5.74) is 1.91. The molecule has 162 valence electrons. The summed E-state index contributed by atoms with van der Waals surface area (Å²) in [6.07, 6.45) is 0. The summed E-state index contributed by atoms with van der Waals surface area (Å²) in [5.74, 6) is -0.465. The Bertz CT molecular complexity index is 770. The van der Waals surface area contributed by atoms with E-state index in [1.807, 2.05) is 27.7 Å². The molecule has 1 atom stereocenters. The molecule has 8 nitrogen and oxygen atoms in total. The van der Waals surface area contributed by atoms with Gasteiger partial charge in [0.25, 0.3) is 0 Å². The first kappa shape index (κ1) is 23.1. The maximum atomic E-state index is 13.1. The molecule has 2 heterocycles. The number of nitrogens with zero attached hydrogens (tertiary/aromatic N) is 2. The van der Waals surface area contributed by atoms with Gasteiger partial charge in [-0.15, -0.1) is 0 Å². The van der Waals surface area contributed by atoms with E-state index in [9.17, 15) is 14.4 Å². The molecule has 0 radical (unpaired) electrons. The highest BCUT2D eigenvalue weighted by Gasteiger charge is 2.30. The lowest BCUT2D eigenvalue weighted by Gasteiger charge is -2.37. The van der Waals surface area contributed by atoms with Gasteiger partial charge >= 0.3 is 5.97 Å². The monoisotopic (exact) mass is 406 g/mol. The fraction of sp³-hybridized carbons (Fsp3) is 0.667. The first-order chi connectivity index (χ1) is 13.4. The second-order valence-corrected chi connectivity index (χ2v) is 8.77. The van der Waals surface area contributed by atoms with Crippen LogP contribution < -0.4 is 5.32 Å². The van der Waals surface area contributed by atoms with Gasteiger partial charge in [0, 0.05) is 37.4 Å². The van der Waals surface area contributed by atoms with Crippen molar-refractivity contribution >= 4 is 17.7 Å². The van der Waals surface area contributed by atoms with Crippen molar-refractivity contribution in [2.45, 2.75) is 53.1 Å². The fourth-order valence-corrected chi connectivity index (χ4v) is 3.75. The zero-order valence-electron chi connectivity index (χ0n) is 18.6. The average Bonchev–Trinajstić information content (AvgIpc) is 2.93. The van der Waals surface area contributed by atoms with Crippen LogP contribution in [0.3, 0.4) is 0 Å². The minimum atomic E-state index is -0.440. The number of aromatic nitrogens is 1. The number of hydrogen-bond donors (Lipinski definition) is 2. The molecule has 2 N–H and O–H groups in total. The summed E-state index contributed by atoms with van der Waals surface area (Å²) in [6, 6.07) is -0.317. The Morgan fingerprint density at radius 3 is 2.24 bits per heavy atom. The van der Waals surface area contributed by atoms with Gasteiger partial charge in [-0.25, -0.2) is 4.79 Å². The third kappa shape index (κ3) is 5.67. The van der Waals surface area contributed by atoms with Crippen LogP contribution in [0.25, 0.3) is 0 Å². The van der Waals surface area contributed by atoms with E-state index in [-0.39, 0.29) is 23.3 Å². The SMILES string of the molecule is COC(=O)c1c(C)[nH]c(C(=O)C(C)N2CCN(CC(=O)NC(C)(C)C)CC2)c1C. The number of H-pyrrole nitrogens is 1. The first-order valence-electron chi connectivity index (χ1n) is 10.0. The van der Waals surface area contributed by atoms with E-state index in [0.29, 0.717) is 42.1 Å². The third-order valence-electron chi connectivity index (χ3n) is 5.29. The van der Waals surface area contributed by atoms with Crippen molar-refractivity contribution in [1.82, 2.24) is 20.1 Å². The minimum Gasteiger partial charge on any atom is -0.465 e. The molecule has 1 saturated heterocycles. The minimum absolute atomic E-state index is 0.0166. The number of carbonyl (C=O) groups excluding carboxylic acids is 3. The highest BCUT2D eigenvalue weighted by molar-refractivity contribution is 6.03. The zero-order valence-corrected chi connectivity index (χ0v) is 18.6. The van der Waals surface area contributed by atoms with Crippen LogP contribution >= 0.6 is 0 Å². The number of esters is 1. The number of methoxy groups -OCH3 is 1. The quantitative estimate of drug-likeness (QED) is 0.549. The van der Waals surface area contributed by atoms with Gasteiger partial charge in [0.05, 0.1) is 31.0 Å². The number of ketones is 1. The standard InChI is InChI=1S/C21H34N4O4/c1-13-17(20(28)29-7)14(2)22-18(13)19(27)15(3)25-10-8-24(9-11-25)12-16(26)23-21(4,5)6/h15,22H,8-12H2,1-7H3,(H,23,26). The maximum absolute atomic E-state index is 13.1. The van der Waals surface area contributed by atoms with Gasteiger partial charge in [0.2, 0.25) is 5.91 Å². The van der Waals surface area contributed by atoms with E-state index in [1.54, 1.807) is 13.8 Å². The van der Waals surface area contributed by atoms with E-state index < -0.39 is 5.97 Å². The van der Waals surface area contributed by atoms with Gasteiger partial charge in [0.1, 0.15) is 0 Å². The molecule has 29 heavy (non-hydrogen) atoms. The maximum Gasteiger partial charge on any atom is 0.339 e. The predicted octanol–water partition coefficient (Wildman–Crippen LogP) is 1.52. The van der Waals surface area contributed by atoms with Crippen LogP contribution in [-0.2, 0) is 9.53 Å². The van der Waals surface area contributed by atoms with Crippen molar-refractivity contribution in [3.05, 3.63) is 22.5 Å². The molecular weight excluding hydrogens is 372 g/mol. The van der Waals surface area contributed by atoms with Crippen LogP contribution in [0.5, 0.6) is 0 Å². The average molecular weight is 407 g/mol. The molecule has 0 aromatic carbocycles. The Morgan fingerprint density at radius 2 is 1.72 bits per heavy atom. The van der Waals surface area contributed by atoms with Gasteiger partial charge in [-0.1, -0.05) is 0 Å².